The van der Waals surface area contributed by atoms with Crippen LogP contribution in [-0.2, 0) is 11.2 Å². The number of nitrogens with zero attached hydrogens (tertiary/aromatic N) is 2. The summed E-state index contributed by atoms with van der Waals surface area (Å²) < 4.78 is 10.2. The standard InChI is InChI=1S/C11H16N2O3/c1-4-9-12-7-8(11(14)16-6-3)10(13-9)15-5-2/h7H,4-6H2,1-3H3. The Morgan fingerprint density at radius 3 is 2.62 bits per heavy atom. The lowest BCUT2D eigenvalue weighted by Crippen LogP contribution is -2.11. The van der Waals surface area contributed by atoms with Crippen LogP contribution in [0.3, 0.4) is 0 Å². The molecule has 0 aromatic carbocycles. The zero-order valence-corrected chi connectivity index (χ0v) is 9.82. The third kappa shape index (κ3) is 2.92. The molecule has 0 N–H and O–H groups in total. The molecule has 0 aliphatic heterocycles. The minimum Gasteiger partial charge on any atom is -0.477 e. The maximum atomic E-state index is 11.6. The Morgan fingerprint density at radius 2 is 2.06 bits per heavy atom. The van der Waals surface area contributed by atoms with E-state index in [0.29, 0.717) is 31.3 Å². The molecular formula is C11H16N2O3. The summed E-state index contributed by atoms with van der Waals surface area (Å²) in [5.74, 6) is 0.498. The van der Waals surface area contributed by atoms with Gasteiger partial charge in [0, 0.05) is 12.6 Å². The van der Waals surface area contributed by atoms with Gasteiger partial charge in [-0.15, -0.1) is 0 Å². The van der Waals surface area contributed by atoms with Crippen LogP contribution >= 0.6 is 0 Å². The van der Waals surface area contributed by atoms with Crippen molar-refractivity contribution in [3.8, 4) is 5.88 Å². The molecule has 0 radical (unpaired) electrons. The Bertz CT molecular complexity index is 366. The summed E-state index contributed by atoms with van der Waals surface area (Å²) in [4.78, 5) is 19.8. The van der Waals surface area contributed by atoms with E-state index in [1.54, 1.807) is 6.92 Å². The number of rotatable bonds is 5. The SMILES string of the molecule is CCOC(=O)c1cnc(CC)nc1OCC. The van der Waals surface area contributed by atoms with Crippen molar-refractivity contribution in [1.82, 2.24) is 9.97 Å². The molecule has 5 nitrogen and oxygen atoms in total. The number of carbonyl (C=O) groups excluding carboxylic acids is 1. The number of esters is 1. The van der Waals surface area contributed by atoms with Gasteiger partial charge in [0.1, 0.15) is 11.4 Å². The van der Waals surface area contributed by atoms with Gasteiger partial charge >= 0.3 is 5.97 Å². The van der Waals surface area contributed by atoms with Crippen LogP contribution < -0.4 is 4.74 Å². The van der Waals surface area contributed by atoms with Gasteiger partial charge in [-0.2, -0.15) is 4.98 Å². The fourth-order valence-corrected chi connectivity index (χ4v) is 1.17. The van der Waals surface area contributed by atoms with E-state index >= 15 is 0 Å². The van der Waals surface area contributed by atoms with Crippen LogP contribution in [-0.4, -0.2) is 29.2 Å². The molecule has 88 valence electrons. The molecule has 0 atom stereocenters. The van der Waals surface area contributed by atoms with E-state index in [1.807, 2.05) is 13.8 Å². The molecule has 0 spiro atoms. The van der Waals surface area contributed by atoms with Crippen LogP contribution in [0.1, 0.15) is 37.0 Å². The predicted molar refractivity (Wildman–Crippen MR) is 58.5 cm³/mol. The number of carbonyl (C=O) groups is 1. The summed E-state index contributed by atoms with van der Waals surface area (Å²) in [6.07, 6.45) is 2.15. The number of hydrogen-bond acceptors (Lipinski definition) is 5. The van der Waals surface area contributed by atoms with Gasteiger partial charge in [-0.3, -0.25) is 0 Å². The minimum atomic E-state index is -0.450. The van der Waals surface area contributed by atoms with Crippen LogP contribution in [0.2, 0.25) is 0 Å². The van der Waals surface area contributed by atoms with Crippen molar-refractivity contribution in [2.24, 2.45) is 0 Å². The average Bonchev–Trinajstić information content (AvgIpc) is 2.29. The molecule has 0 bridgehead atoms. The van der Waals surface area contributed by atoms with E-state index in [4.69, 9.17) is 9.47 Å². The topological polar surface area (TPSA) is 61.3 Å². The van der Waals surface area contributed by atoms with E-state index < -0.39 is 5.97 Å². The number of aromatic nitrogens is 2. The van der Waals surface area contributed by atoms with Gasteiger partial charge in [0.15, 0.2) is 0 Å². The van der Waals surface area contributed by atoms with Crippen molar-refractivity contribution >= 4 is 5.97 Å². The highest BCUT2D eigenvalue weighted by atomic mass is 16.5. The largest absolute Gasteiger partial charge is 0.477 e. The van der Waals surface area contributed by atoms with Crippen molar-refractivity contribution < 1.29 is 14.3 Å². The van der Waals surface area contributed by atoms with Gasteiger partial charge in [0.2, 0.25) is 5.88 Å². The van der Waals surface area contributed by atoms with Crippen molar-refractivity contribution in [2.75, 3.05) is 13.2 Å². The summed E-state index contributed by atoms with van der Waals surface area (Å²) >= 11 is 0. The van der Waals surface area contributed by atoms with Crippen LogP contribution in [0.15, 0.2) is 6.20 Å². The Balaban J connectivity index is 3.01. The molecule has 0 fully saturated rings. The second-order valence-electron chi connectivity index (χ2n) is 3.01. The molecule has 1 rings (SSSR count). The zero-order chi connectivity index (χ0) is 12.0. The lowest BCUT2D eigenvalue weighted by molar-refractivity contribution is 0.0520. The molecule has 0 unspecified atom stereocenters. The van der Waals surface area contributed by atoms with Crippen LogP contribution in [0, 0.1) is 0 Å². The lowest BCUT2D eigenvalue weighted by atomic mass is 10.3. The highest BCUT2D eigenvalue weighted by Gasteiger charge is 2.16. The maximum Gasteiger partial charge on any atom is 0.345 e. The molecule has 0 aliphatic rings. The van der Waals surface area contributed by atoms with Crippen molar-refractivity contribution in [2.45, 2.75) is 27.2 Å². The number of hydrogen-bond donors (Lipinski definition) is 0. The van der Waals surface area contributed by atoms with Crippen molar-refractivity contribution in [1.29, 1.82) is 0 Å². The van der Waals surface area contributed by atoms with Crippen LogP contribution in [0.5, 0.6) is 5.88 Å². The third-order valence-electron chi connectivity index (χ3n) is 1.90. The first-order valence-electron chi connectivity index (χ1n) is 5.38. The quantitative estimate of drug-likeness (QED) is 0.711. The molecule has 1 heterocycles. The summed E-state index contributed by atoms with van der Waals surface area (Å²) in [5, 5.41) is 0. The van der Waals surface area contributed by atoms with E-state index in [2.05, 4.69) is 9.97 Å². The number of aryl methyl sites for hydroxylation is 1. The molecule has 1 aromatic rings. The highest BCUT2D eigenvalue weighted by molar-refractivity contribution is 5.91. The van der Waals surface area contributed by atoms with E-state index in [-0.39, 0.29) is 5.56 Å². The Labute approximate surface area is 94.8 Å². The van der Waals surface area contributed by atoms with Crippen molar-refractivity contribution in [3.63, 3.8) is 0 Å². The van der Waals surface area contributed by atoms with Gasteiger partial charge in [0.25, 0.3) is 0 Å². The lowest BCUT2D eigenvalue weighted by Gasteiger charge is -2.08. The molecular weight excluding hydrogens is 208 g/mol. The van der Waals surface area contributed by atoms with Gasteiger partial charge in [-0.1, -0.05) is 6.92 Å². The Morgan fingerprint density at radius 1 is 1.31 bits per heavy atom. The first-order chi connectivity index (χ1) is 7.72. The average molecular weight is 224 g/mol. The van der Waals surface area contributed by atoms with Gasteiger partial charge in [-0.05, 0) is 13.8 Å². The van der Waals surface area contributed by atoms with Gasteiger partial charge < -0.3 is 9.47 Å². The van der Waals surface area contributed by atoms with Gasteiger partial charge in [0.05, 0.1) is 13.2 Å². The molecule has 1 aromatic heterocycles. The van der Waals surface area contributed by atoms with E-state index in [9.17, 15) is 4.79 Å². The molecule has 0 saturated carbocycles. The first-order valence-corrected chi connectivity index (χ1v) is 5.38. The third-order valence-corrected chi connectivity index (χ3v) is 1.90. The molecule has 5 heteroatoms. The summed E-state index contributed by atoms with van der Waals surface area (Å²) in [6.45, 7) is 6.30. The Hall–Kier alpha value is -1.65. The Kier molecular flexibility index (Phi) is 4.69. The fourth-order valence-electron chi connectivity index (χ4n) is 1.17. The van der Waals surface area contributed by atoms with E-state index in [0.717, 1.165) is 0 Å². The molecule has 16 heavy (non-hydrogen) atoms. The maximum absolute atomic E-state index is 11.6. The smallest absolute Gasteiger partial charge is 0.345 e. The second-order valence-corrected chi connectivity index (χ2v) is 3.01. The van der Waals surface area contributed by atoms with Gasteiger partial charge in [-0.25, -0.2) is 9.78 Å². The summed E-state index contributed by atoms with van der Waals surface area (Å²) in [7, 11) is 0. The van der Waals surface area contributed by atoms with Crippen LogP contribution in [0.4, 0.5) is 0 Å². The second kappa shape index (κ2) is 6.05. The molecule has 0 saturated heterocycles. The minimum absolute atomic E-state index is 0.279. The monoisotopic (exact) mass is 224 g/mol. The zero-order valence-electron chi connectivity index (χ0n) is 9.82. The normalized spacial score (nSPS) is 9.94. The molecule has 0 amide bonds. The summed E-state index contributed by atoms with van der Waals surface area (Å²) in [5.41, 5.74) is 0.279. The van der Waals surface area contributed by atoms with Crippen molar-refractivity contribution in [3.05, 3.63) is 17.6 Å². The highest BCUT2D eigenvalue weighted by Crippen LogP contribution is 2.16. The van der Waals surface area contributed by atoms with E-state index in [1.165, 1.54) is 6.20 Å². The predicted octanol–water partition coefficient (Wildman–Crippen LogP) is 1.61. The molecule has 0 aliphatic carbocycles. The number of ether oxygens (including phenoxy) is 2. The summed E-state index contributed by atoms with van der Waals surface area (Å²) in [6, 6.07) is 0. The fraction of sp³-hybridized carbons (Fsp3) is 0.545. The first kappa shape index (κ1) is 12.4. The van der Waals surface area contributed by atoms with Crippen LogP contribution in [0.25, 0.3) is 0 Å².